The second-order valence-electron chi connectivity index (χ2n) is 3.64. The summed E-state index contributed by atoms with van der Waals surface area (Å²) in [6.45, 7) is 4.89. The van der Waals surface area contributed by atoms with Crippen molar-refractivity contribution >= 4 is 21.7 Å². The fourth-order valence-corrected chi connectivity index (χ4v) is 2.07. The van der Waals surface area contributed by atoms with Gasteiger partial charge in [0.2, 0.25) is 0 Å². The number of imidazole rings is 1. The van der Waals surface area contributed by atoms with Crippen molar-refractivity contribution in [3.8, 4) is 11.3 Å². The molecule has 0 fully saturated rings. The summed E-state index contributed by atoms with van der Waals surface area (Å²) in [5.41, 5.74) is 7.99. The number of halogens is 1. The number of nitrogen functional groups attached to an aromatic ring is 1. The number of nitrogens with two attached hydrogens (primary N) is 1. The normalized spacial score (nSPS) is 10.7. The highest BCUT2D eigenvalue weighted by atomic mass is 79.9. The molecule has 0 spiro atoms. The summed E-state index contributed by atoms with van der Waals surface area (Å²) in [7, 11) is 0. The summed E-state index contributed by atoms with van der Waals surface area (Å²) in [6.07, 6.45) is 0. The van der Waals surface area contributed by atoms with E-state index in [1.807, 2.05) is 35.8 Å². The number of hydrogen-bond donors (Lipinski definition) is 1. The van der Waals surface area contributed by atoms with Gasteiger partial charge in [-0.1, -0.05) is 28.1 Å². The molecule has 3 nitrogen and oxygen atoms in total. The van der Waals surface area contributed by atoms with E-state index in [2.05, 4.69) is 27.8 Å². The second kappa shape index (κ2) is 4.29. The molecule has 1 aromatic carbocycles. The van der Waals surface area contributed by atoms with E-state index in [0.29, 0.717) is 0 Å². The Balaban J connectivity index is 2.52. The lowest BCUT2D eigenvalue weighted by Crippen LogP contribution is -2.02. The third-order valence-electron chi connectivity index (χ3n) is 2.63. The molecule has 16 heavy (non-hydrogen) atoms. The van der Waals surface area contributed by atoms with E-state index < -0.39 is 0 Å². The molecule has 0 bridgehead atoms. The Morgan fingerprint density at radius 3 is 2.44 bits per heavy atom. The summed E-state index contributed by atoms with van der Waals surface area (Å²) in [4.78, 5) is 4.50. The van der Waals surface area contributed by atoms with Crippen molar-refractivity contribution in [1.29, 1.82) is 0 Å². The summed E-state index contributed by atoms with van der Waals surface area (Å²) < 4.78 is 3.07. The molecule has 84 valence electrons. The molecule has 4 heteroatoms. The van der Waals surface area contributed by atoms with Crippen LogP contribution in [0.2, 0.25) is 0 Å². The van der Waals surface area contributed by atoms with E-state index in [1.54, 1.807) is 0 Å². The van der Waals surface area contributed by atoms with Crippen LogP contribution < -0.4 is 5.73 Å². The van der Waals surface area contributed by atoms with Crippen LogP contribution in [0.15, 0.2) is 28.7 Å². The first-order valence-electron chi connectivity index (χ1n) is 5.22. The highest BCUT2D eigenvalue weighted by Gasteiger charge is 2.11. The Kier molecular flexibility index (Phi) is 3.01. The first-order valence-corrected chi connectivity index (χ1v) is 6.01. The Bertz CT molecular complexity index is 500. The van der Waals surface area contributed by atoms with E-state index in [0.717, 1.165) is 33.9 Å². The number of aromatic nitrogens is 2. The van der Waals surface area contributed by atoms with E-state index in [-0.39, 0.29) is 0 Å². The third kappa shape index (κ3) is 1.85. The quantitative estimate of drug-likeness (QED) is 0.917. The third-order valence-corrected chi connectivity index (χ3v) is 3.16. The summed E-state index contributed by atoms with van der Waals surface area (Å²) >= 11 is 3.41. The molecule has 0 unspecified atom stereocenters. The first-order chi connectivity index (χ1) is 7.63. The van der Waals surface area contributed by atoms with Gasteiger partial charge in [-0.05, 0) is 26.0 Å². The van der Waals surface area contributed by atoms with E-state index in [1.165, 1.54) is 0 Å². The predicted molar refractivity (Wildman–Crippen MR) is 70.2 cm³/mol. The number of hydrogen-bond acceptors (Lipinski definition) is 2. The molecular formula is C12H14BrN3. The van der Waals surface area contributed by atoms with Crippen molar-refractivity contribution in [2.24, 2.45) is 0 Å². The maximum absolute atomic E-state index is 6.07. The Hall–Kier alpha value is -1.29. The summed E-state index contributed by atoms with van der Waals surface area (Å²) in [5.74, 6) is 1.69. The SMILES string of the molecule is CCn1c(C)nc(-c2ccc(Br)cc2)c1N. The molecule has 0 aliphatic rings. The van der Waals surface area contributed by atoms with Crippen molar-refractivity contribution in [2.75, 3.05) is 5.73 Å². The molecule has 0 saturated heterocycles. The fraction of sp³-hybridized carbons (Fsp3) is 0.250. The number of nitrogens with zero attached hydrogens (tertiary/aromatic N) is 2. The molecule has 0 radical (unpaired) electrons. The molecule has 2 N–H and O–H groups in total. The smallest absolute Gasteiger partial charge is 0.131 e. The van der Waals surface area contributed by atoms with Gasteiger partial charge in [-0.15, -0.1) is 0 Å². The lowest BCUT2D eigenvalue weighted by molar-refractivity contribution is 0.739. The van der Waals surface area contributed by atoms with Crippen LogP contribution in [0.4, 0.5) is 5.82 Å². The predicted octanol–water partition coefficient (Wildman–Crippen LogP) is 3.22. The lowest BCUT2D eigenvalue weighted by Gasteiger charge is -2.03. The maximum Gasteiger partial charge on any atom is 0.131 e. The van der Waals surface area contributed by atoms with Gasteiger partial charge >= 0.3 is 0 Å². The molecule has 0 atom stereocenters. The summed E-state index contributed by atoms with van der Waals surface area (Å²) in [5, 5.41) is 0. The van der Waals surface area contributed by atoms with Crippen LogP contribution in [0.5, 0.6) is 0 Å². The van der Waals surface area contributed by atoms with Crippen LogP contribution in [-0.4, -0.2) is 9.55 Å². The van der Waals surface area contributed by atoms with Gasteiger partial charge in [0.25, 0.3) is 0 Å². The standard InChI is InChI=1S/C12H14BrN3/c1-3-16-8(2)15-11(12(16)14)9-4-6-10(13)7-5-9/h4-7H,3,14H2,1-2H3. The van der Waals surface area contributed by atoms with Gasteiger partial charge in [-0.25, -0.2) is 4.98 Å². The van der Waals surface area contributed by atoms with Crippen LogP contribution in [-0.2, 0) is 6.54 Å². The largest absolute Gasteiger partial charge is 0.383 e. The van der Waals surface area contributed by atoms with Gasteiger partial charge in [0.05, 0.1) is 0 Å². The zero-order valence-electron chi connectivity index (χ0n) is 9.37. The molecule has 1 heterocycles. The number of rotatable bonds is 2. The molecule has 0 saturated carbocycles. The molecule has 0 aliphatic heterocycles. The van der Waals surface area contributed by atoms with Gasteiger partial charge in [-0.2, -0.15) is 0 Å². The van der Waals surface area contributed by atoms with E-state index >= 15 is 0 Å². The second-order valence-corrected chi connectivity index (χ2v) is 4.56. The molecule has 0 aliphatic carbocycles. The van der Waals surface area contributed by atoms with Crippen LogP contribution in [0.1, 0.15) is 12.7 Å². The van der Waals surface area contributed by atoms with Crippen molar-refractivity contribution in [3.63, 3.8) is 0 Å². The Morgan fingerprint density at radius 1 is 1.31 bits per heavy atom. The molecule has 2 aromatic rings. The lowest BCUT2D eigenvalue weighted by atomic mass is 10.1. The van der Waals surface area contributed by atoms with Crippen molar-refractivity contribution in [1.82, 2.24) is 9.55 Å². The van der Waals surface area contributed by atoms with Crippen LogP contribution in [0, 0.1) is 6.92 Å². The van der Waals surface area contributed by atoms with E-state index in [9.17, 15) is 0 Å². The van der Waals surface area contributed by atoms with Gasteiger partial charge in [0.15, 0.2) is 0 Å². The van der Waals surface area contributed by atoms with Gasteiger partial charge in [0.1, 0.15) is 17.3 Å². The molecule has 1 aromatic heterocycles. The average molecular weight is 280 g/mol. The Labute approximate surface area is 103 Å². The highest BCUT2D eigenvalue weighted by Crippen LogP contribution is 2.27. The zero-order valence-corrected chi connectivity index (χ0v) is 11.0. The van der Waals surface area contributed by atoms with E-state index in [4.69, 9.17) is 5.73 Å². The van der Waals surface area contributed by atoms with Gasteiger partial charge < -0.3 is 10.3 Å². The molecule has 0 amide bonds. The molecular weight excluding hydrogens is 266 g/mol. The number of aryl methyl sites for hydroxylation is 1. The molecule has 2 rings (SSSR count). The summed E-state index contributed by atoms with van der Waals surface area (Å²) in [6, 6.07) is 8.02. The first kappa shape index (κ1) is 11.2. The fourth-order valence-electron chi connectivity index (χ4n) is 1.80. The monoisotopic (exact) mass is 279 g/mol. The van der Waals surface area contributed by atoms with Crippen LogP contribution in [0.3, 0.4) is 0 Å². The van der Waals surface area contributed by atoms with Gasteiger partial charge in [0, 0.05) is 16.6 Å². The number of benzene rings is 1. The minimum Gasteiger partial charge on any atom is -0.383 e. The minimum absolute atomic E-state index is 0.738. The van der Waals surface area contributed by atoms with Crippen LogP contribution >= 0.6 is 15.9 Å². The van der Waals surface area contributed by atoms with Crippen molar-refractivity contribution in [2.45, 2.75) is 20.4 Å². The highest BCUT2D eigenvalue weighted by molar-refractivity contribution is 9.10. The van der Waals surface area contributed by atoms with Crippen LogP contribution in [0.25, 0.3) is 11.3 Å². The maximum atomic E-state index is 6.07. The minimum atomic E-state index is 0.738. The topological polar surface area (TPSA) is 43.8 Å². The average Bonchev–Trinajstić information content (AvgIpc) is 2.55. The number of anilines is 1. The Morgan fingerprint density at radius 2 is 1.94 bits per heavy atom. The van der Waals surface area contributed by atoms with Gasteiger partial charge in [-0.3, -0.25) is 0 Å². The van der Waals surface area contributed by atoms with Crippen molar-refractivity contribution in [3.05, 3.63) is 34.6 Å². The zero-order chi connectivity index (χ0) is 11.7. The van der Waals surface area contributed by atoms with Crippen molar-refractivity contribution < 1.29 is 0 Å².